The predicted molar refractivity (Wildman–Crippen MR) is 70.3 cm³/mol. The molecular formula is C14H20N2O2. The first-order valence-electron chi connectivity index (χ1n) is 6.42. The first-order valence-corrected chi connectivity index (χ1v) is 6.42. The highest BCUT2D eigenvalue weighted by atomic mass is 16.3. The molecule has 1 heterocycles. The normalized spacial score (nSPS) is 28.1. The minimum Gasteiger partial charge on any atom is -0.383 e. The van der Waals surface area contributed by atoms with E-state index in [-0.39, 0.29) is 11.6 Å². The third-order valence-corrected chi connectivity index (χ3v) is 3.82. The van der Waals surface area contributed by atoms with Crippen LogP contribution in [0, 0.1) is 12.8 Å². The second-order valence-corrected chi connectivity index (χ2v) is 5.49. The molecule has 4 heteroatoms. The summed E-state index contributed by atoms with van der Waals surface area (Å²) < 4.78 is 0. The van der Waals surface area contributed by atoms with Crippen molar-refractivity contribution in [1.82, 2.24) is 4.98 Å². The SMILES string of the molecule is Cc1cnc(N)c(C(=O)C2(O)CCC(C)CC2)c1. The van der Waals surface area contributed by atoms with Gasteiger partial charge in [0.25, 0.3) is 0 Å². The van der Waals surface area contributed by atoms with Crippen molar-refractivity contribution in [1.29, 1.82) is 0 Å². The Morgan fingerprint density at radius 1 is 1.50 bits per heavy atom. The zero-order chi connectivity index (χ0) is 13.3. The van der Waals surface area contributed by atoms with E-state index in [4.69, 9.17) is 5.73 Å². The number of nitrogens with two attached hydrogens (primary N) is 1. The number of carbonyl (C=O) groups excluding carboxylic acids is 1. The van der Waals surface area contributed by atoms with E-state index >= 15 is 0 Å². The summed E-state index contributed by atoms with van der Waals surface area (Å²) in [6.45, 7) is 4.00. The van der Waals surface area contributed by atoms with E-state index in [9.17, 15) is 9.90 Å². The van der Waals surface area contributed by atoms with Gasteiger partial charge in [0.15, 0.2) is 5.78 Å². The lowest BCUT2D eigenvalue weighted by Gasteiger charge is -2.33. The molecule has 1 aliphatic rings. The zero-order valence-electron chi connectivity index (χ0n) is 10.9. The smallest absolute Gasteiger partial charge is 0.198 e. The van der Waals surface area contributed by atoms with Crippen LogP contribution in [0.2, 0.25) is 0 Å². The van der Waals surface area contributed by atoms with Gasteiger partial charge in [-0.1, -0.05) is 6.92 Å². The number of ketones is 1. The van der Waals surface area contributed by atoms with Crippen LogP contribution in [0.3, 0.4) is 0 Å². The van der Waals surface area contributed by atoms with Crippen LogP contribution in [0.15, 0.2) is 12.3 Å². The number of aliphatic hydroxyl groups is 1. The van der Waals surface area contributed by atoms with E-state index in [1.54, 1.807) is 12.3 Å². The van der Waals surface area contributed by atoms with Crippen molar-refractivity contribution in [2.75, 3.05) is 5.73 Å². The number of carbonyl (C=O) groups is 1. The van der Waals surface area contributed by atoms with Gasteiger partial charge in [-0.2, -0.15) is 0 Å². The summed E-state index contributed by atoms with van der Waals surface area (Å²) in [5, 5.41) is 10.5. The van der Waals surface area contributed by atoms with Crippen molar-refractivity contribution < 1.29 is 9.90 Å². The van der Waals surface area contributed by atoms with Gasteiger partial charge >= 0.3 is 0 Å². The molecule has 0 spiro atoms. The topological polar surface area (TPSA) is 76.2 Å². The molecular weight excluding hydrogens is 228 g/mol. The van der Waals surface area contributed by atoms with Crippen LogP contribution in [-0.2, 0) is 0 Å². The Labute approximate surface area is 107 Å². The summed E-state index contributed by atoms with van der Waals surface area (Å²) in [6, 6.07) is 1.71. The second-order valence-electron chi connectivity index (χ2n) is 5.49. The quantitative estimate of drug-likeness (QED) is 0.786. The maximum absolute atomic E-state index is 12.4. The van der Waals surface area contributed by atoms with Gasteiger partial charge in [0.1, 0.15) is 11.4 Å². The van der Waals surface area contributed by atoms with Gasteiger partial charge in [-0.05, 0) is 50.2 Å². The highest BCUT2D eigenvalue weighted by Gasteiger charge is 2.40. The molecule has 0 aliphatic heterocycles. The van der Waals surface area contributed by atoms with Crippen LogP contribution in [0.1, 0.15) is 48.5 Å². The van der Waals surface area contributed by atoms with Gasteiger partial charge in [0.05, 0.1) is 5.56 Å². The van der Waals surface area contributed by atoms with Crippen LogP contribution in [-0.4, -0.2) is 21.5 Å². The number of aromatic nitrogens is 1. The van der Waals surface area contributed by atoms with Crippen molar-refractivity contribution in [2.24, 2.45) is 5.92 Å². The molecule has 1 aliphatic carbocycles. The minimum absolute atomic E-state index is 0.206. The zero-order valence-corrected chi connectivity index (χ0v) is 10.9. The molecule has 0 atom stereocenters. The van der Waals surface area contributed by atoms with E-state index in [2.05, 4.69) is 11.9 Å². The lowest BCUT2D eigenvalue weighted by molar-refractivity contribution is 0.00431. The minimum atomic E-state index is -1.25. The fourth-order valence-corrected chi connectivity index (χ4v) is 2.48. The Kier molecular flexibility index (Phi) is 3.39. The number of nitrogens with zero attached hydrogens (tertiary/aromatic N) is 1. The Hall–Kier alpha value is -1.42. The molecule has 98 valence electrons. The summed E-state index contributed by atoms with van der Waals surface area (Å²) in [5.41, 5.74) is 5.72. The van der Waals surface area contributed by atoms with Gasteiger partial charge in [-0.15, -0.1) is 0 Å². The van der Waals surface area contributed by atoms with Gasteiger partial charge in [-0.3, -0.25) is 4.79 Å². The molecule has 1 aromatic rings. The Balaban J connectivity index is 2.28. The number of rotatable bonds is 2. The molecule has 4 nitrogen and oxygen atoms in total. The Morgan fingerprint density at radius 3 is 2.72 bits per heavy atom. The van der Waals surface area contributed by atoms with E-state index in [0.717, 1.165) is 18.4 Å². The van der Waals surface area contributed by atoms with E-state index < -0.39 is 5.60 Å². The summed E-state index contributed by atoms with van der Waals surface area (Å²) in [6.07, 6.45) is 4.41. The van der Waals surface area contributed by atoms with E-state index in [1.165, 1.54) is 0 Å². The van der Waals surface area contributed by atoms with E-state index in [0.29, 0.717) is 24.3 Å². The number of anilines is 1. The van der Waals surface area contributed by atoms with Crippen molar-refractivity contribution in [3.8, 4) is 0 Å². The average Bonchev–Trinajstić information content (AvgIpc) is 2.35. The van der Waals surface area contributed by atoms with Gasteiger partial charge in [0, 0.05) is 6.20 Å². The van der Waals surface area contributed by atoms with Crippen LogP contribution in [0.25, 0.3) is 0 Å². The molecule has 0 amide bonds. The number of hydrogen-bond acceptors (Lipinski definition) is 4. The first-order chi connectivity index (χ1) is 8.42. The van der Waals surface area contributed by atoms with E-state index in [1.807, 2.05) is 6.92 Å². The average molecular weight is 248 g/mol. The number of hydrogen-bond donors (Lipinski definition) is 2. The molecule has 0 saturated heterocycles. The molecule has 3 N–H and O–H groups in total. The van der Waals surface area contributed by atoms with Crippen LogP contribution >= 0.6 is 0 Å². The first kappa shape index (κ1) is 13.0. The highest BCUT2D eigenvalue weighted by molar-refractivity contribution is 6.05. The Bertz CT molecular complexity index is 463. The molecule has 0 radical (unpaired) electrons. The van der Waals surface area contributed by atoms with Crippen LogP contribution in [0.4, 0.5) is 5.82 Å². The summed E-state index contributed by atoms with van der Waals surface area (Å²) in [7, 11) is 0. The van der Waals surface area contributed by atoms with Crippen LogP contribution in [0.5, 0.6) is 0 Å². The van der Waals surface area contributed by atoms with Crippen molar-refractivity contribution in [2.45, 2.75) is 45.1 Å². The van der Waals surface area contributed by atoms with Crippen molar-refractivity contribution in [3.63, 3.8) is 0 Å². The lowest BCUT2D eigenvalue weighted by Crippen LogP contribution is -2.42. The van der Waals surface area contributed by atoms with Crippen LogP contribution < -0.4 is 5.73 Å². The summed E-state index contributed by atoms with van der Waals surface area (Å²) in [5.74, 6) is 0.506. The standard InChI is InChI=1S/C14H20N2O2/c1-9-3-5-14(18,6-4-9)12(17)11-7-10(2)8-16-13(11)15/h7-9,18H,3-6H2,1-2H3,(H2,15,16). The molecule has 18 heavy (non-hydrogen) atoms. The number of pyridine rings is 1. The molecule has 0 unspecified atom stereocenters. The summed E-state index contributed by atoms with van der Waals surface area (Å²) >= 11 is 0. The van der Waals surface area contributed by atoms with Gasteiger partial charge in [-0.25, -0.2) is 4.98 Å². The van der Waals surface area contributed by atoms with Crippen molar-refractivity contribution >= 4 is 11.6 Å². The van der Waals surface area contributed by atoms with Crippen molar-refractivity contribution in [3.05, 3.63) is 23.4 Å². The summed E-state index contributed by atoms with van der Waals surface area (Å²) in [4.78, 5) is 16.4. The third kappa shape index (κ3) is 2.38. The fourth-order valence-electron chi connectivity index (χ4n) is 2.48. The maximum Gasteiger partial charge on any atom is 0.198 e. The van der Waals surface area contributed by atoms with Gasteiger partial charge < -0.3 is 10.8 Å². The third-order valence-electron chi connectivity index (χ3n) is 3.82. The largest absolute Gasteiger partial charge is 0.383 e. The molecule has 0 bridgehead atoms. The highest BCUT2D eigenvalue weighted by Crippen LogP contribution is 2.35. The second kappa shape index (κ2) is 4.69. The van der Waals surface area contributed by atoms with Gasteiger partial charge in [0.2, 0.25) is 0 Å². The predicted octanol–water partition coefficient (Wildman–Crippen LogP) is 2.10. The lowest BCUT2D eigenvalue weighted by atomic mass is 9.76. The number of aryl methyl sites for hydroxylation is 1. The molecule has 1 aromatic heterocycles. The number of Topliss-reactive ketones (excluding diaryl/α,β-unsaturated/α-hetero) is 1. The Morgan fingerprint density at radius 2 is 2.11 bits per heavy atom. The molecule has 0 aromatic carbocycles. The number of nitrogen functional groups attached to an aromatic ring is 1. The molecule has 2 rings (SSSR count). The molecule has 1 fully saturated rings. The fraction of sp³-hybridized carbons (Fsp3) is 0.571. The molecule has 1 saturated carbocycles. The monoisotopic (exact) mass is 248 g/mol. The maximum atomic E-state index is 12.4.